The van der Waals surface area contributed by atoms with Crippen LogP contribution < -0.4 is 9.47 Å². The summed E-state index contributed by atoms with van der Waals surface area (Å²) in [4.78, 5) is 0. The minimum atomic E-state index is -0.227. The van der Waals surface area contributed by atoms with E-state index >= 15 is 0 Å². The number of aliphatic hydroxyl groups excluding tert-OH is 2. The first-order chi connectivity index (χ1) is 31.0. The third-order valence-corrected chi connectivity index (χ3v) is 12.2. The Morgan fingerprint density at radius 1 is 0.333 bits per heavy atom. The summed E-state index contributed by atoms with van der Waals surface area (Å²) < 4.78 is 36.2. The molecule has 5 rings (SSSR count). The molecule has 10 heteroatoms. The second-order valence-electron chi connectivity index (χ2n) is 21.8. The normalized spacial score (nSPS) is 13.5. The Labute approximate surface area is 395 Å². The zero-order chi connectivity index (χ0) is 48.5. The third-order valence-electron chi connectivity index (χ3n) is 12.2. The molecule has 0 radical (unpaired) electrons. The maximum absolute atomic E-state index is 12.6. The molecular formula is C56H80O10. The van der Waals surface area contributed by atoms with Crippen LogP contribution in [0.1, 0.15) is 150 Å². The predicted octanol–water partition coefficient (Wildman–Crippen LogP) is 9.77. The Morgan fingerprint density at radius 3 is 0.773 bits per heavy atom. The van der Waals surface area contributed by atoms with Gasteiger partial charge in [0.1, 0.15) is 36.2 Å². The van der Waals surface area contributed by atoms with Crippen molar-refractivity contribution in [1.29, 1.82) is 0 Å². The molecule has 364 valence electrons. The summed E-state index contributed by atoms with van der Waals surface area (Å²) in [6.07, 6.45) is 1.61. The lowest BCUT2D eigenvalue weighted by atomic mass is 9.79. The summed E-state index contributed by atoms with van der Waals surface area (Å²) in [5.41, 5.74) is 10.6. The van der Waals surface area contributed by atoms with E-state index in [4.69, 9.17) is 38.6 Å². The molecule has 0 heterocycles. The number of hydrogen-bond donors (Lipinski definition) is 4. The van der Waals surface area contributed by atoms with Gasteiger partial charge in [-0.2, -0.15) is 0 Å². The average molecular weight is 913 g/mol. The highest BCUT2D eigenvalue weighted by atomic mass is 16.6. The van der Waals surface area contributed by atoms with Gasteiger partial charge in [-0.3, -0.25) is 0 Å². The average Bonchev–Trinajstić information content (AvgIpc) is 3.21. The Balaban J connectivity index is 1.77. The maximum Gasteiger partial charge on any atom is 0.126 e. The van der Waals surface area contributed by atoms with Crippen LogP contribution in [0.5, 0.6) is 23.0 Å². The maximum atomic E-state index is 12.6. The Kier molecular flexibility index (Phi) is 18.2. The van der Waals surface area contributed by atoms with Gasteiger partial charge in [0.25, 0.3) is 0 Å². The summed E-state index contributed by atoms with van der Waals surface area (Å²) in [5.74, 6) is 1.93. The molecule has 8 bridgehead atoms. The molecule has 4 aromatic rings. The van der Waals surface area contributed by atoms with Crippen molar-refractivity contribution in [3.05, 3.63) is 115 Å². The van der Waals surface area contributed by atoms with Crippen LogP contribution >= 0.6 is 0 Å². The Hall–Kier alpha value is -4.16. The first-order valence-corrected chi connectivity index (χ1v) is 23.8. The van der Waals surface area contributed by atoms with Gasteiger partial charge < -0.3 is 48.8 Å². The van der Waals surface area contributed by atoms with Crippen molar-refractivity contribution < 1.29 is 48.8 Å². The van der Waals surface area contributed by atoms with Gasteiger partial charge >= 0.3 is 0 Å². The second-order valence-corrected chi connectivity index (χ2v) is 21.8. The molecule has 0 aromatic heterocycles. The minimum Gasteiger partial charge on any atom is -0.507 e. The fourth-order valence-electron chi connectivity index (χ4n) is 8.20. The van der Waals surface area contributed by atoms with Gasteiger partial charge in [-0.25, -0.2) is 0 Å². The van der Waals surface area contributed by atoms with E-state index in [1.165, 1.54) is 0 Å². The lowest BCUT2D eigenvalue weighted by Gasteiger charge is -2.28. The van der Waals surface area contributed by atoms with Crippen LogP contribution in [0.2, 0.25) is 0 Å². The van der Waals surface area contributed by atoms with E-state index in [2.05, 4.69) is 132 Å². The van der Waals surface area contributed by atoms with E-state index in [9.17, 15) is 10.2 Å². The molecule has 0 unspecified atom stereocenters. The van der Waals surface area contributed by atoms with Crippen molar-refractivity contribution in [3.63, 3.8) is 0 Å². The molecule has 0 fully saturated rings. The van der Waals surface area contributed by atoms with Crippen LogP contribution in [0.25, 0.3) is 0 Å². The van der Waals surface area contributed by atoms with Crippen molar-refractivity contribution in [3.8, 4) is 23.0 Å². The van der Waals surface area contributed by atoms with Gasteiger partial charge in [-0.05, 0) is 88.4 Å². The molecule has 0 spiro atoms. The van der Waals surface area contributed by atoms with Crippen LogP contribution in [-0.4, -0.2) is 99.7 Å². The van der Waals surface area contributed by atoms with Gasteiger partial charge in [0.2, 0.25) is 0 Å². The molecule has 1 aliphatic carbocycles. The molecule has 1 aliphatic rings. The van der Waals surface area contributed by atoms with Crippen LogP contribution in [0.4, 0.5) is 0 Å². The van der Waals surface area contributed by atoms with Crippen molar-refractivity contribution in [2.75, 3.05) is 79.3 Å². The predicted molar refractivity (Wildman–Crippen MR) is 264 cm³/mol. The SMILES string of the molecule is CC(C)(C)c1cc2c(O)c(c1)Cc1cc(C(C)(C)C)cc(c1OCCOCCOCCO)Cc1cc(C(C)(C)C)cc(c1O)Cc1cc(C(C)(C)C)cc(c1OCCOCCOCCO)C2. The van der Waals surface area contributed by atoms with Gasteiger partial charge in [-0.1, -0.05) is 132 Å². The van der Waals surface area contributed by atoms with E-state index < -0.39 is 0 Å². The number of benzene rings is 4. The standard InChI is InChI=1S/C56H80O10/c1-53(2,3)45-29-37-25-41-33-47(55(7,8)9)35-43(51(41)65-23-21-63-19-17-61-15-13-57)27-39-31-46(54(4,5)6)32-40(50(39)60)28-44-36-48(56(10,11)12)34-42(26-38(30-45)49(37)59)52(44)66-24-22-64-20-18-62-16-14-58/h29-36,57-60H,13-28H2,1-12H3. The van der Waals surface area contributed by atoms with Gasteiger partial charge in [0.05, 0.1) is 66.1 Å². The Morgan fingerprint density at radius 2 is 0.545 bits per heavy atom. The lowest BCUT2D eigenvalue weighted by Crippen LogP contribution is -2.18. The molecule has 0 saturated heterocycles. The number of hydrogen-bond acceptors (Lipinski definition) is 10. The largest absolute Gasteiger partial charge is 0.507 e. The highest BCUT2D eigenvalue weighted by Gasteiger charge is 2.28. The molecule has 0 aliphatic heterocycles. The summed E-state index contributed by atoms with van der Waals surface area (Å²) in [6, 6.07) is 17.5. The lowest BCUT2D eigenvalue weighted by molar-refractivity contribution is 0.0246. The molecular weight excluding hydrogens is 833 g/mol. The minimum absolute atomic E-state index is 0.0359. The zero-order valence-corrected chi connectivity index (χ0v) is 42.2. The zero-order valence-electron chi connectivity index (χ0n) is 42.2. The number of aliphatic hydroxyl groups is 2. The quantitative estimate of drug-likeness (QED) is 0.0630. The number of phenols is 2. The summed E-state index contributed by atoms with van der Waals surface area (Å²) in [5, 5.41) is 43.3. The van der Waals surface area contributed by atoms with Crippen LogP contribution in [0.15, 0.2) is 48.5 Å². The number of fused-ring (bicyclic) bond motifs is 8. The van der Waals surface area contributed by atoms with Gasteiger partial charge in [0, 0.05) is 25.7 Å². The summed E-state index contributed by atoms with van der Waals surface area (Å²) >= 11 is 0. The fourth-order valence-corrected chi connectivity index (χ4v) is 8.20. The second kappa shape index (κ2) is 22.8. The van der Waals surface area contributed by atoms with Gasteiger partial charge in [0.15, 0.2) is 0 Å². The van der Waals surface area contributed by atoms with E-state index in [-0.39, 0.29) is 72.8 Å². The first-order valence-electron chi connectivity index (χ1n) is 23.8. The monoisotopic (exact) mass is 913 g/mol. The van der Waals surface area contributed by atoms with Crippen LogP contribution in [0, 0.1) is 0 Å². The smallest absolute Gasteiger partial charge is 0.126 e. The molecule has 0 amide bonds. The summed E-state index contributed by atoms with van der Waals surface area (Å²) in [6.45, 7) is 29.6. The topological polar surface area (TPSA) is 136 Å². The van der Waals surface area contributed by atoms with E-state index in [1.807, 2.05) is 0 Å². The third kappa shape index (κ3) is 14.4. The number of rotatable bonds is 18. The van der Waals surface area contributed by atoms with Crippen molar-refractivity contribution >= 4 is 0 Å². The summed E-state index contributed by atoms with van der Waals surface area (Å²) in [7, 11) is 0. The fraction of sp³-hybridized carbons (Fsp3) is 0.571. The van der Waals surface area contributed by atoms with Crippen LogP contribution in [-0.2, 0) is 66.3 Å². The highest BCUT2D eigenvalue weighted by molar-refractivity contribution is 5.59. The molecule has 4 N–H and O–H groups in total. The van der Waals surface area contributed by atoms with Crippen molar-refractivity contribution in [1.82, 2.24) is 0 Å². The molecule has 10 nitrogen and oxygen atoms in total. The van der Waals surface area contributed by atoms with Crippen LogP contribution in [0.3, 0.4) is 0 Å². The van der Waals surface area contributed by atoms with Gasteiger partial charge in [-0.15, -0.1) is 0 Å². The Bertz CT molecular complexity index is 1960. The van der Waals surface area contributed by atoms with E-state index in [0.29, 0.717) is 65.3 Å². The number of phenolic OH excluding ortho intramolecular Hbond substituents is 2. The van der Waals surface area contributed by atoms with E-state index in [1.54, 1.807) is 0 Å². The molecule has 66 heavy (non-hydrogen) atoms. The molecule has 4 aromatic carbocycles. The number of ether oxygens (including phenoxy) is 6. The van der Waals surface area contributed by atoms with Crippen molar-refractivity contribution in [2.45, 2.75) is 130 Å². The molecule has 0 atom stereocenters. The number of aromatic hydroxyl groups is 2. The highest BCUT2D eigenvalue weighted by Crippen LogP contribution is 2.43. The van der Waals surface area contributed by atoms with E-state index in [0.717, 1.165) is 78.3 Å². The molecule has 0 saturated carbocycles. The van der Waals surface area contributed by atoms with Crippen molar-refractivity contribution in [2.24, 2.45) is 0 Å². The first kappa shape index (κ1) is 52.8.